The van der Waals surface area contributed by atoms with Crippen molar-refractivity contribution < 1.29 is 4.79 Å². The number of nitrogens with one attached hydrogen (secondary N) is 3. The zero-order chi connectivity index (χ0) is 24.9. The Labute approximate surface area is 210 Å². The second-order valence-corrected chi connectivity index (χ2v) is 10.4. The molecule has 6 rings (SSSR count). The molecule has 1 amide bonds. The van der Waals surface area contributed by atoms with Crippen molar-refractivity contribution in [2.45, 2.75) is 20.8 Å². The Morgan fingerprint density at radius 3 is 2.67 bits per heavy atom. The summed E-state index contributed by atoms with van der Waals surface area (Å²) in [6, 6.07) is 12.0. The molecule has 5 aromatic heterocycles. The van der Waals surface area contributed by atoms with Gasteiger partial charge in [0, 0.05) is 39.7 Å². The zero-order valence-corrected chi connectivity index (χ0v) is 20.8. The van der Waals surface area contributed by atoms with E-state index in [0.717, 1.165) is 50.0 Å². The fourth-order valence-corrected chi connectivity index (χ4v) is 4.66. The van der Waals surface area contributed by atoms with E-state index in [9.17, 15) is 4.79 Å². The summed E-state index contributed by atoms with van der Waals surface area (Å²) in [5.74, 6) is 0.609. The maximum Gasteiger partial charge on any atom is 0.229 e. The predicted octanol–water partition coefficient (Wildman–Crippen LogP) is 6.28. The van der Waals surface area contributed by atoms with E-state index in [0.29, 0.717) is 11.5 Å². The molecular weight excluding hydrogens is 470 g/mol. The molecular formula is C27H23N7OS. The second-order valence-electron chi connectivity index (χ2n) is 9.65. The van der Waals surface area contributed by atoms with E-state index in [1.54, 1.807) is 29.9 Å². The Kier molecular flexibility index (Phi) is 5.15. The number of fused-ring (bicyclic) bond motifs is 2. The number of hydrogen-bond donors (Lipinski definition) is 3. The standard InChI is InChI=1S/C27H23N7OS/c1-27(2,3)26(35)30-18-10-17(12-28-13-18)15-4-5-20-19(11-15)23(34-33-20)25-31-21-6-8-29-22(24(21)32-25)16-7-9-36-14-16/h4-14H,1-3H3,(H,30,35)(H,31,32)(H,33,34). The lowest BCUT2D eigenvalue weighted by atomic mass is 9.95. The van der Waals surface area contributed by atoms with Gasteiger partial charge in [-0.2, -0.15) is 16.4 Å². The molecule has 6 aromatic rings. The Morgan fingerprint density at radius 1 is 0.972 bits per heavy atom. The molecule has 36 heavy (non-hydrogen) atoms. The van der Waals surface area contributed by atoms with Crippen LogP contribution < -0.4 is 5.32 Å². The number of pyridine rings is 2. The van der Waals surface area contributed by atoms with Crippen molar-refractivity contribution in [3.63, 3.8) is 0 Å². The average Bonchev–Trinajstić information content (AvgIpc) is 3.62. The van der Waals surface area contributed by atoms with Crippen LogP contribution in [0.2, 0.25) is 0 Å². The molecule has 0 unspecified atom stereocenters. The third kappa shape index (κ3) is 3.93. The number of aromatic nitrogens is 6. The lowest BCUT2D eigenvalue weighted by Crippen LogP contribution is -2.27. The number of carbonyl (C=O) groups excluding carboxylic acids is 1. The van der Waals surface area contributed by atoms with E-state index in [1.165, 1.54) is 0 Å². The van der Waals surface area contributed by atoms with Crippen LogP contribution in [0.1, 0.15) is 20.8 Å². The highest BCUT2D eigenvalue weighted by atomic mass is 32.1. The smallest absolute Gasteiger partial charge is 0.229 e. The van der Waals surface area contributed by atoms with E-state index < -0.39 is 5.41 Å². The van der Waals surface area contributed by atoms with Crippen molar-refractivity contribution >= 4 is 44.9 Å². The maximum atomic E-state index is 12.4. The van der Waals surface area contributed by atoms with Crippen LogP contribution in [-0.4, -0.2) is 36.0 Å². The number of rotatable bonds is 4. The third-order valence-corrected chi connectivity index (χ3v) is 6.68. The number of H-pyrrole nitrogens is 2. The third-order valence-electron chi connectivity index (χ3n) is 5.99. The van der Waals surface area contributed by atoms with Gasteiger partial charge >= 0.3 is 0 Å². The average molecular weight is 494 g/mol. The van der Waals surface area contributed by atoms with Crippen LogP contribution in [0.5, 0.6) is 0 Å². The van der Waals surface area contributed by atoms with E-state index in [-0.39, 0.29) is 5.91 Å². The molecule has 0 radical (unpaired) electrons. The SMILES string of the molecule is CC(C)(C)C(=O)Nc1cncc(-c2ccc3[nH]nc(-c4nc5c(-c6ccsc6)nccc5[nH]4)c3c2)c1. The predicted molar refractivity (Wildman–Crippen MR) is 144 cm³/mol. The molecule has 0 aliphatic carbocycles. The highest BCUT2D eigenvalue weighted by Crippen LogP contribution is 2.33. The summed E-state index contributed by atoms with van der Waals surface area (Å²) in [4.78, 5) is 29.6. The molecule has 8 nitrogen and oxygen atoms in total. The summed E-state index contributed by atoms with van der Waals surface area (Å²) in [6.07, 6.45) is 5.23. The second kappa shape index (κ2) is 8.39. The fourth-order valence-electron chi connectivity index (χ4n) is 4.02. The summed E-state index contributed by atoms with van der Waals surface area (Å²) in [5.41, 5.74) is 7.24. The van der Waals surface area contributed by atoms with Crippen molar-refractivity contribution in [2.24, 2.45) is 5.41 Å². The Bertz CT molecular complexity index is 1720. The molecule has 0 fully saturated rings. The number of hydrogen-bond acceptors (Lipinski definition) is 6. The molecule has 0 bridgehead atoms. The van der Waals surface area contributed by atoms with Gasteiger partial charge < -0.3 is 10.3 Å². The van der Waals surface area contributed by atoms with Gasteiger partial charge in [0.1, 0.15) is 11.2 Å². The highest BCUT2D eigenvalue weighted by molar-refractivity contribution is 7.08. The summed E-state index contributed by atoms with van der Waals surface area (Å²) in [5, 5.41) is 15.7. The minimum absolute atomic E-state index is 0.0600. The van der Waals surface area contributed by atoms with Gasteiger partial charge in [0.15, 0.2) is 5.82 Å². The Hall–Kier alpha value is -4.37. The number of aromatic amines is 2. The quantitative estimate of drug-likeness (QED) is 0.268. The normalized spacial score (nSPS) is 11.9. The van der Waals surface area contributed by atoms with Crippen LogP contribution in [0.25, 0.3) is 55.8 Å². The van der Waals surface area contributed by atoms with E-state index in [4.69, 9.17) is 4.98 Å². The molecule has 1 aromatic carbocycles. The number of anilines is 1. The van der Waals surface area contributed by atoms with Gasteiger partial charge in [-0.05, 0) is 41.3 Å². The Morgan fingerprint density at radius 2 is 1.86 bits per heavy atom. The first kappa shape index (κ1) is 22.1. The van der Waals surface area contributed by atoms with Crippen molar-refractivity contribution in [1.82, 2.24) is 30.1 Å². The molecule has 178 valence electrons. The lowest BCUT2D eigenvalue weighted by molar-refractivity contribution is -0.123. The minimum Gasteiger partial charge on any atom is -0.336 e. The number of imidazole rings is 1. The summed E-state index contributed by atoms with van der Waals surface area (Å²) >= 11 is 1.63. The molecule has 0 spiro atoms. The van der Waals surface area contributed by atoms with Crippen LogP contribution >= 0.6 is 11.3 Å². The van der Waals surface area contributed by atoms with Gasteiger partial charge in [0.2, 0.25) is 5.91 Å². The van der Waals surface area contributed by atoms with Gasteiger partial charge in [0.05, 0.1) is 28.6 Å². The van der Waals surface area contributed by atoms with Crippen LogP contribution in [0, 0.1) is 5.41 Å². The minimum atomic E-state index is -0.494. The highest BCUT2D eigenvalue weighted by Gasteiger charge is 2.21. The Balaban J connectivity index is 1.40. The molecule has 0 aliphatic heterocycles. The monoisotopic (exact) mass is 493 g/mol. The molecule has 3 N–H and O–H groups in total. The molecule has 9 heteroatoms. The summed E-state index contributed by atoms with van der Waals surface area (Å²) < 4.78 is 0. The molecule has 0 atom stereocenters. The molecule has 0 aliphatic rings. The number of nitrogens with zero attached hydrogens (tertiary/aromatic N) is 4. The van der Waals surface area contributed by atoms with E-state index in [2.05, 4.69) is 41.9 Å². The van der Waals surface area contributed by atoms with E-state index in [1.807, 2.05) is 56.5 Å². The number of thiophene rings is 1. The molecule has 0 saturated heterocycles. The number of carbonyl (C=O) groups is 1. The van der Waals surface area contributed by atoms with Crippen LogP contribution in [0.15, 0.2) is 65.7 Å². The van der Waals surface area contributed by atoms with Gasteiger partial charge in [-0.15, -0.1) is 0 Å². The molecule has 5 heterocycles. The van der Waals surface area contributed by atoms with Gasteiger partial charge in [-0.1, -0.05) is 26.8 Å². The van der Waals surface area contributed by atoms with Gasteiger partial charge in [-0.25, -0.2) is 4.98 Å². The first-order valence-electron chi connectivity index (χ1n) is 11.5. The van der Waals surface area contributed by atoms with Crippen LogP contribution in [-0.2, 0) is 4.79 Å². The topological polar surface area (TPSA) is 112 Å². The van der Waals surface area contributed by atoms with Crippen molar-refractivity contribution in [2.75, 3.05) is 5.32 Å². The molecule has 0 saturated carbocycles. The fraction of sp³-hybridized carbons (Fsp3) is 0.148. The zero-order valence-electron chi connectivity index (χ0n) is 20.0. The van der Waals surface area contributed by atoms with Gasteiger partial charge in [0.25, 0.3) is 0 Å². The van der Waals surface area contributed by atoms with Crippen LogP contribution in [0.3, 0.4) is 0 Å². The largest absolute Gasteiger partial charge is 0.336 e. The maximum absolute atomic E-state index is 12.4. The summed E-state index contributed by atoms with van der Waals surface area (Å²) in [7, 11) is 0. The first-order chi connectivity index (χ1) is 17.4. The van der Waals surface area contributed by atoms with E-state index >= 15 is 0 Å². The number of benzene rings is 1. The first-order valence-corrected chi connectivity index (χ1v) is 12.4. The van der Waals surface area contributed by atoms with Gasteiger partial charge in [-0.3, -0.25) is 19.9 Å². The van der Waals surface area contributed by atoms with Crippen molar-refractivity contribution in [3.8, 4) is 33.9 Å². The van der Waals surface area contributed by atoms with Crippen molar-refractivity contribution in [1.29, 1.82) is 0 Å². The van der Waals surface area contributed by atoms with Crippen molar-refractivity contribution in [3.05, 3.63) is 65.7 Å². The van der Waals surface area contributed by atoms with Crippen LogP contribution in [0.4, 0.5) is 5.69 Å². The number of amides is 1. The summed E-state index contributed by atoms with van der Waals surface area (Å²) in [6.45, 7) is 5.64. The lowest BCUT2D eigenvalue weighted by Gasteiger charge is -2.17.